The Morgan fingerprint density at radius 3 is 2.41 bits per heavy atom. The van der Waals surface area contributed by atoms with E-state index in [4.69, 9.17) is 0 Å². The highest BCUT2D eigenvalue weighted by atomic mass is 79.9. The molecule has 0 N–H and O–H groups in total. The molecule has 17 heavy (non-hydrogen) atoms. The van der Waals surface area contributed by atoms with Gasteiger partial charge in [-0.1, -0.05) is 0 Å². The van der Waals surface area contributed by atoms with Crippen molar-refractivity contribution in [1.82, 2.24) is 4.98 Å². The van der Waals surface area contributed by atoms with Crippen LogP contribution in [0.5, 0.6) is 0 Å². The molecule has 0 unspecified atom stereocenters. The van der Waals surface area contributed by atoms with Crippen molar-refractivity contribution in [1.29, 1.82) is 0 Å². The molecular weight excluding hydrogens is 292 g/mol. The first-order valence-corrected chi connectivity index (χ1v) is 5.48. The summed E-state index contributed by atoms with van der Waals surface area (Å²) in [6.45, 7) is 0. The van der Waals surface area contributed by atoms with Crippen LogP contribution in [-0.2, 0) is 0 Å². The minimum Gasteiger partial charge on any atom is -0.287 e. The zero-order valence-electron chi connectivity index (χ0n) is 8.45. The van der Waals surface area contributed by atoms with Crippen LogP contribution < -0.4 is 0 Å². The van der Waals surface area contributed by atoms with Crippen LogP contribution >= 0.6 is 15.9 Å². The van der Waals surface area contributed by atoms with Crippen LogP contribution in [0.25, 0.3) is 0 Å². The lowest BCUT2D eigenvalue weighted by atomic mass is 10.1. The Hall–Kier alpha value is -1.62. The Balaban J connectivity index is 2.48. The number of nitrogens with zero attached hydrogens (tertiary/aromatic N) is 1. The first-order chi connectivity index (χ1) is 8.08. The van der Waals surface area contributed by atoms with E-state index < -0.39 is 17.4 Å². The van der Waals surface area contributed by atoms with Crippen molar-refractivity contribution in [3.63, 3.8) is 0 Å². The average molecular weight is 298 g/mol. The number of halogens is 3. The zero-order valence-corrected chi connectivity index (χ0v) is 10.0. The smallest absolute Gasteiger partial charge is 0.212 e. The number of ketones is 1. The molecule has 0 atom stereocenters. The van der Waals surface area contributed by atoms with Crippen molar-refractivity contribution in [3.05, 3.63) is 63.9 Å². The summed E-state index contributed by atoms with van der Waals surface area (Å²) in [5.41, 5.74) is 0.0550. The van der Waals surface area contributed by atoms with Gasteiger partial charge in [-0.3, -0.25) is 9.78 Å². The van der Waals surface area contributed by atoms with Gasteiger partial charge in [0, 0.05) is 22.3 Å². The summed E-state index contributed by atoms with van der Waals surface area (Å²) in [6, 6.07) is 5.95. The van der Waals surface area contributed by atoms with Crippen LogP contribution in [0.15, 0.2) is 41.0 Å². The van der Waals surface area contributed by atoms with Gasteiger partial charge in [-0.05, 0) is 40.2 Å². The molecule has 0 aliphatic heterocycles. The fraction of sp³-hybridized carbons (Fsp3) is 0. The topological polar surface area (TPSA) is 30.0 Å². The molecule has 0 fully saturated rings. The minimum absolute atomic E-state index is 0.0677. The van der Waals surface area contributed by atoms with Gasteiger partial charge in [-0.15, -0.1) is 0 Å². The van der Waals surface area contributed by atoms with Crippen LogP contribution in [-0.4, -0.2) is 10.8 Å². The minimum atomic E-state index is -0.791. The fourth-order valence-electron chi connectivity index (χ4n) is 1.37. The number of hydrogen-bond donors (Lipinski definition) is 0. The first kappa shape index (κ1) is 11.9. The van der Waals surface area contributed by atoms with Crippen molar-refractivity contribution < 1.29 is 13.6 Å². The van der Waals surface area contributed by atoms with Crippen molar-refractivity contribution >= 4 is 21.7 Å². The van der Waals surface area contributed by atoms with Gasteiger partial charge >= 0.3 is 0 Å². The third kappa shape index (κ3) is 2.55. The molecule has 2 nitrogen and oxygen atoms in total. The molecule has 0 radical (unpaired) electrons. The molecule has 0 saturated carbocycles. The van der Waals surface area contributed by atoms with Gasteiger partial charge < -0.3 is 0 Å². The van der Waals surface area contributed by atoms with E-state index in [-0.39, 0.29) is 11.3 Å². The maximum absolute atomic E-state index is 13.0. The van der Waals surface area contributed by atoms with Crippen molar-refractivity contribution in [3.8, 4) is 0 Å². The summed E-state index contributed by atoms with van der Waals surface area (Å²) >= 11 is 3.16. The Morgan fingerprint density at radius 2 is 1.82 bits per heavy atom. The Kier molecular flexibility index (Phi) is 3.28. The molecule has 0 aliphatic rings. The highest BCUT2D eigenvalue weighted by Gasteiger charge is 2.15. The van der Waals surface area contributed by atoms with E-state index in [0.29, 0.717) is 10.5 Å². The zero-order chi connectivity index (χ0) is 12.4. The SMILES string of the molecule is O=C(c1cc(F)cc(F)c1)c1ncccc1Br. The van der Waals surface area contributed by atoms with Crippen LogP contribution in [0.1, 0.15) is 16.1 Å². The van der Waals surface area contributed by atoms with Crippen molar-refractivity contribution in [2.24, 2.45) is 0 Å². The summed E-state index contributed by atoms with van der Waals surface area (Å²) in [7, 11) is 0. The normalized spacial score (nSPS) is 10.3. The summed E-state index contributed by atoms with van der Waals surface area (Å²) < 4.78 is 26.4. The number of aromatic nitrogens is 1. The van der Waals surface area contributed by atoms with Crippen LogP contribution in [0.2, 0.25) is 0 Å². The van der Waals surface area contributed by atoms with Gasteiger partial charge in [0.15, 0.2) is 0 Å². The molecule has 0 aliphatic carbocycles. The van der Waals surface area contributed by atoms with Gasteiger partial charge in [0.25, 0.3) is 0 Å². The van der Waals surface area contributed by atoms with E-state index in [1.165, 1.54) is 6.20 Å². The predicted molar refractivity (Wildman–Crippen MR) is 61.7 cm³/mol. The van der Waals surface area contributed by atoms with Gasteiger partial charge in [-0.25, -0.2) is 8.78 Å². The lowest BCUT2D eigenvalue weighted by Gasteiger charge is -2.03. The quantitative estimate of drug-likeness (QED) is 0.796. The second-order valence-corrected chi connectivity index (χ2v) is 4.18. The summed E-state index contributed by atoms with van der Waals surface area (Å²) in [6.07, 6.45) is 1.44. The van der Waals surface area contributed by atoms with E-state index in [9.17, 15) is 13.6 Å². The van der Waals surface area contributed by atoms with E-state index >= 15 is 0 Å². The maximum Gasteiger partial charge on any atom is 0.212 e. The van der Waals surface area contributed by atoms with E-state index in [1.807, 2.05) is 0 Å². The number of rotatable bonds is 2. The Bertz CT molecular complexity index is 566. The maximum atomic E-state index is 13.0. The van der Waals surface area contributed by atoms with Crippen molar-refractivity contribution in [2.45, 2.75) is 0 Å². The Morgan fingerprint density at radius 1 is 1.18 bits per heavy atom. The molecule has 1 aromatic heterocycles. The summed E-state index contributed by atoms with van der Waals surface area (Å²) in [4.78, 5) is 15.8. The first-order valence-electron chi connectivity index (χ1n) is 4.69. The lowest BCUT2D eigenvalue weighted by molar-refractivity contribution is 0.103. The Labute approximate surface area is 104 Å². The number of carbonyl (C=O) groups is 1. The third-order valence-corrected chi connectivity index (χ3v) is 2.74. The summed E-state index contributed by atoms with van der Waals surface area (Å²) in [5.74, 6) is -2.11. The monoisotopic (exact) mass is 297 g/mol. The number of carbonyl (C=O) groups excluding carboxylic acids is 1. The largest absolute Gasteiger partial charge is 0.287 e. The second-order valence-electron chi connectivity index (χ2n) is 3.32. The third-order valence-electron chi connectivity index (χ3n) is 2.10. The van der Waals surface area contributed by atoms with Crippen LogP contribution in [0, 0.1) is 11.6 Å². The molecule has 1 aromatic carbocycles. The molecule has 1 heterocycles. The average Bonchev–Trinajstić information content (AvgIpc) is 2.27. The van der Waals surface area contributed by atoms with E-state index in [0.717, 1.165) is 12.1 Å². The van der Waals surface area contributed by atoms with E-state index in [1.54, 1.807) is 12.1 Å². The van der Waals surface area contributed by atoms with Crippen molar-refractivity contribution in [2.75, 3.05) is 0 Å². The number of pyridine rings is 1. The van der Waals surface area contributed by atoms with Gasteiger partial charge in [0.1, 0.15) is 17.3 Å². The highest BCUT2D eigenvalue weighted by molar-refractivity contribution is 9.10. The molecule has 86 valence electrons. The molecule has 0 saturated heterocycles. The second kappa shape index (κ2) is 4.71. The van der Waals surface area contributed by atoms with Crippen LogP contribution in [0.3, 0.4) is 0 Å². The van der Waals surface area contributed by atoms with Gasteiger partial charge in [0.05, 0.1) is 0 Å². The molecule has 0 amide bonds. The number of benzene rings is 1. The number of hydrogen-bond acceptors (Lipinski definition) is 2. The lowest BCUT2D eigenvalue weighted by Crippen LogP contribution is -2.05. The molecule has 2 rings (SSSR count). The standard InChI is InChI=1S/C12H6BrF2NO/c13-10-2-1-3-16-11(10)12(17)7-4-8(14)6-9(15)5-7/h1-6H. The van der Waals surface area contributed by atoms with Gasteiger partial charge in [0.2, 0.25) is 5.78 Å². The predicted octanol–water partition coefficient (Wildman–Crippen LogP) is 3.35. The molecule has 0 bridgehead atoms. The highest BCUT2D eigenvalue weighted by Crippen LogP contribution is 2.18. The summed E-state index contributed by atoms with van der Waals surface area (Å²) in [5, 5.41) is 0. The molecule has 5 heteroatoms. The van der Waals surface area contributed by atoms with E-state index in [2.05, 4.69) is 20.9 Å². The molecule has 0 spiro atoms. The van der Waals surface area contributed by atoms with Gasteiger partial charge in [-0.2, -0.15) is 0 Å². The van der Waals surface area contributed by atoms with Crippen LogP contribution in [0.4, 0.5) is 8.78 Å². The molecular formula is C12H6BrF2NO. The molecule has 2 aromatic rings. The fourth-order valence-corrected chi connectivity index (χ4v) is 1.81.